The lowest BCUT2D eigenvalue weighted by Crippen LogP contribution is -2.42. The van der Waals surface area contributed by atoms with Crippen molar-refractivity contribution in [1.82, 2.24) is 4.90 Å². The normalized spacial score (nSPS) is 17.5. The monoisotopic (exact) mass is 421 g/mol. The van der Waals surface area contributed by atoms with E-state index in [2.05, 4.69) is 0 Å². The van der Waals surface area contributed by atoms with E-state index in [1.807, 2.05) is 29.5 Å². The fourth-order valence-corrected chi connectivity index (χ4v) is 5.50. The van der Waals surface area contributed by atoms with Crippen molar-refractivity contribution in [2.45, 2.75) is 35.0 Å². The van der Waals surface area contributed by atoms with Crippen molar-refractivity contribution in [1.29, 1.82) is 0 Å². The Morgan fingerprint density at radius 3 is 2.33 bits per heavy atom. The van der Waals surface area contributed by atoms with Crippen LogP contribution in [0, 0.1) is 6.92 Å². The van der Waals surface area contributed by atoms with Crippen molar-refractivity contribution < 1.29 is 13.2 Å². The highest BCUT2D eigenvalue weighted by molar-refractivity contribution is 14.1. The van der Waals surface area contributed by atoms with Gasteiger partial charge in [0.05, 0.1) is 10.6 Å². The number of likely N-dealkylation sites (tertiary alicyclic amines) is 1. The van der Waals surface area contributed by atoms with Crippen molar-refractivity contribution in [3.63, 3.8) is 0 Å². The molecule has 0 N–H and O–H groups in total. The second kappa shape index (κ2) is 7.09. The summed E-state index contributed by atoms with van der Waals surface area (Å²) in [6.45, 7) is 3.42. The van der Waals surface area contributed by atoms with Crippen LogP contribution in [0.1, 0.15) is 24.8 Å². The average Bonchev–Trinajstić information content (AvgIpc) is 2.47. The molecule has 1 fully saturated rings. The van der Waals surface area contributed by atoms with Crippen LogP contribution < -0.4 is 0 Å². The minimum atomic E-state index is -3.41. The summed E-state index contributed by atoms with van der Waals surface area (Å²) in [5.74, 6) is -0.183. The minimum absolute atomic E-state index is 0.0500. The largest absolute Gasteiger partial charge is 0.342 e. The zero-order valence-corrected chi connectivity index (χ0v) is 15.1. The molecule has 0 aliphatic carbocycles. The first-order valence-electron chi connectivity index (χ1n) is 7.12. The summed E-state index contributed by atoms with van der Waals surface area (Å²) in [7, 11) is -3.41. The second-order valence-electron chi connectivity index (χ2n) is 5.45. The molecule has 2 rings (SSSR count). The molecule has 0 saturated carbocycles. The van der Waals surface area contributed by atoms with Crippen LogP contribution in [0.5, 0.6) is 0 Å². The van der Waals surface area contributed by atoms with Gasteiger partial charge in [0.2, 0.25) is 5.91 Å². The van der Waals surface area contributed by atoms with Gasteiger partial charge in [-0.3, -0.25) is 4.79 Å². The lowest BCUT2D eigenvalue weighted by atomic mass is 10.1. The first kappa shape index (κ1) is 16.7. The van der Waals surface area contributed by atoms with Gasteiger partial charge in [0, 0.05) is 13.1 Å². The molecule has 1 heterocycles. The number of aryl methyl sites for hydroxylation is 1. The summed E-state index contributed by atoms with van der Waals surface area (Å²) in [5.41, 5.74) is 1.02. The van der Waals surface area contributed by atoms with E-state index in [9.17, 15) is 13.2 Å². The summed E-state index contributed by atoms with van der Waals surface area (Å²) >= 11 is 1.96. The van der Waals surface area contributed by atoms with E-state index in [-0.39, 0.29) is 11.7 Å². The third-order valence-corrected chi connectivity index (χ3v) is 7.01. The van der Waals surface area contributed by atoms with E-state index < -0.39 is 13.8 Å². The maximum atomic E-state index is 12.4. The quantitative estimate of drug-likeness (QED) is 0.555. The van der Waals surface area contributed by atoms with E-state index in [4.69, 9.17) is 0 Å². The van der Waals surface area contributed by atoms with Crippen LogP contribution >= 0.6 is 22.6 Å². The van der Waals surface area contributed by atoms with Gasteiger partial charge in [-0.15, -0.1) is 0 Å². The zero-order chi connectivity index (χ0) is 15.5. The number of rotatable bonds is 4. The number of nitrogens with zero attached hydrogens (tertiary/aromatic N) is 1. The van der Waals surface area contributed by atoms with Gasteiger partial charge >= 0.3 is 0 Å². The van der Waals surface area contributed by atoms with Crippen LogP contribution in [-0.4, -0.2) is 42.0 Å². The Morgan fingerprint density at radius 1 is 1.19 bits per heavy atom. The third kappa shape index (κ3) is 4.42. The number of piperidine rings is 1. The number of halogens is 1. The molecular weight excluding hydrogens is 401 g/mol. The first-order valence-corrected chi connectivity index (χ1v) is 10.0. The Bertz CT molecular complexity index is 592. The molecule has 0 radical (unpaired) electrons. The Morgan fingerprint density at radius 2 is 1.76 bits per heavy atom. The fourth-order valence-electron chi connectivity index (χ4n) is 2.42. The molecule has 0 spiro atoms. The summed E-state index contributed by atoms with van der Waals surface area (Å²) in [6, 6.07) is 6.78. The minimum Gasteiger partial charge on any atom is -0.342 e. The fraction of sp³-hybridized carbons (Fsp3) is 0.533. The van der Waals surface area contributed by atoms with Gasteiger partial charge in [-0.1, -0.05) is 40.3 Å². The highest BCUT2D eigenvalue weighted by atomic mass is 127. The van der Waals surface area contributed by atoms with Gasteiger partial charge in [-0.2, -0.15) is 0 Å². The van der Waals surface area contributed by atoms with E-state index in [0.717, 1.165) is 37.9 Å². The molecule has 1 saturated heterocycles. The van der Waals surface area contributed by atoms with Crippen molar-refractivity contribution in [2.75, 3.05) is 18.8 Å². The molecule has 1 aliphatic rings. The first-order chi connectivity index (χ1) is 9.90. The lowest BCUT2D eigenvalue weighted by molar-refractivity contribution is -0.130. The van der Waals surface area contributed by atoms with E-state index in [1.165, 1.54) is 0 Å². The van der Waals surface area contributed by atoms with Crippen molar-refractivity contribution in [3.8, 4) is 0 Å². The van der Waals surface area contributed by atoms with E-state index >= 15 is 0 Å². The van der Waals surface area contributed by atoms with Gasteiger partial charge in [0.15, 0.2) is 9.84 Å². The summed E-state index contributed by atoms with van der Waals surface area (Å²) in [6.07, 6.45) is 3.18. The van der Waals surface area contributed by atoms with E-state index in [0.29, 0.717) is 4.90 Å². The average molecular weight is 421 g/mol. The number of hydrogen-bond donors (Lipinski definition) is 0. The molecule has 4 nitrogen and oxygen atoms in total. The van der Waals surface area contributed by atoms with Gasteiger partial charge in [-0.05, 0) is 38.3 Å². The van der Waals surface area contributed by atoms with Crippen LogP contribution in [-0.2, 0) is 14.6 Å². The standard InChI is InChI=1S/C15H20INO3S/c1-12-5-7-13(8-6-12)21(19,20)11-14(16)15(18)17-9-3-2-4-10-17/h5-8,14H,2-4,9-11H2,1H3. The highest BCUT2D eigenvalue weighted by Gasteiger charge is 2.28. The van der Waals surface area contributed by atoms with Crippen LogP contribution in [0.4, 0.5) is 0 Å². The number of alkyl halides is 1. The molecule has 1 atom stereocenters. The van der Waals surface area contributed by atoms with Gasteiger partial charge in [-0.25, -0.2) is 8.42 Å². The molecule has 1 aromatic rings. The second-order valence-corrected chi connectivity index (χ2v) is 8.99. The molecule has 21 heavy (non-hydrogen) atoms. The smallest absolute Gasteiger partial charge is 0.236 e. The molecule has 1 aromatic carbocycles. The molecule has 6 heteroatoms. The maximum absolute atomic E-state index is 12.4. The molecule has 0 aromatic heterocycles. The molecule has 1 unspecified atom stereocenters. The molecule has 1 aliphatic heterocycles. The van der Waals surface area contributed by atoms with Gasteiger partial charge < -0.3 is 4.90 Å². The van der Waals surface area contributed by atoms with Crippen molar-refractivity contribution >= 4 is 38.3 Å². The Balaban J connectivity index is 2.05. The molecular formula is C15H20INO3S. The Labute approximate surface area is 140 Å². The number of carbonyl (C=O) groups excluding carboxylic acids is 1. The SMILES string of the molecule is Cc1ccc(S(=O)(=O)CC(I)C(=O)N2CCCCC2)cc1. The van der Waals surface area contributed by atoms with Crippen molar-refractivity contribution in [2.24, 2.45) is 0 Å². The maximum Gasteiger partial charge on any atom is 0.236 e. The Kier molecular flexibility index (Phi) is 5.65. The number of hydrogen-bond acceptors (Lipinski definition) is 3. The Hall–Kier alpha value is -0.630. The predicted molar refractivity (Wildman–Crippen MR) is 91.5 cm³/mol. The van der Waals surface area contributed by atoms with Crippen molar-refractivity contribution in [3.05, 3.63) is 29.8 Å². The summed E-state index contributed by atoms with van der Waals surface area (Å²) in [5, 5.41) is 0. The highest BCUT2D eigenvalue weighted by Crippen LogP contribution is 2.19. The zero-order valence-electron chi connectivity index (χ0n) is 12.1. The third-order valence-electron chi connectivity index (χ3n) is 3.68. The van der Waals surface area contributed by atoms with Crippen LogP contribution in [0.2, 0.25) is 0 Å². The topological polar surface area (TPSA) is 54.5 Å². The molecule has 1 amide bonds. The van der Waals surface area contributed by atoms with E-state index in [1.54, 1.807) is 29.2 Å². The molecule has 0 bridgehead atoms. The van der Waals surface area contributed by atoms with Gasteiger partial charge in [0.1, 0.15) is 3.92 Å². The lowest BCUT2D eigenvalue weighted by Gasteiger charge is -2.28. The number of benzene rings is 1. The summed E-state index contributed by atoms with van der Waals surface area (Å²) in [4.78, 5) is 14.4. The summed E-state index contributed by atoms with van der Waals surface area (Å²) < 4.78 is 24.2. The van der Waals surface area contributed by atoms with Gasteiger partial charge in [0.25, 0.3) is 0 Å². The van der Waals surface area contributed by atoms with Crippen LogP contribution in [0.15, 0.2) is 29.2 Å². The van der Waals surface area contributed by atoms with Crippen LogP contribution in [0.3, 0.4) is 0 Å². The molecule has 116 valence electrons. The number of sulfone groups is 1. The number of carbonyl (C=O) groups is 1. The predicted octanol–water partition coefficient (Wildman–Crippen LogP) is 2.58. The number of amides is 1. The van der Waals surface area contributed by atoms with Crippen LogP contribution in [0.25, 0.3) is 0 Å².